The van der Waals surface area contributed by atoms with Crippen molar-refractivity contribution in [1.29, 1.82) is 0 Å². The fourth-order valence-corrected chi connectivity index (χ4v) is 0.786. The van der Waals surface area contributed by atoms with Gasteiger partial charge in [-0.2, -0.15) is 0 Å². The van der Waals surface area contributed by atoms with Crippen LogP contribution in [0.1, 0.15) is 21.7 Å². The number of nitrogens with zero attached hydrogens (tertiary/aromatic N) is 1. The summed E-state index contributed by atoms with van der Waals surface area (Å²) in [5, 5.41) is 3.37. The molecule has 0 bridgehead atoms. The van der Waals surface area contributed by atoms with E-state index in [9.17, 15) is 0 Å². The fourth-order valence-electron chi connectivity index (χ4n) is 0.786. The van der Waals surface area contributed by atoms with Crippen molar-refractivity contribution in [2.45, 2.75) is 26.3 Å². The molecule has 0 aromatic carbocycles. The highest BCUT2D eigenvalue weighted by Gasteiger charge is 1.92. The molecule has 0 unspecified atom stereocenters. The van der Waals surface area contributed by atoms with Gasteiger partial charge in [-0.15, -0.1) is 0 Å². The Balaban J connectivity index is 0. The van der Waals surface area contributed by atoms with E-state index < -0.39 is 0 Å². The first kappa shape index (κ1) is 9.92. The molecule has 0 saturated carbocycles. The van der Waals surface area contributed by atoms with Crippen LogP contribution in [0.4, 0.5) is 0 Å². The van der Waals surface area contributed by atoms with Gasteiger partial charge in [-0.05, 0) is 33.6 Å². The van der Waals surface area contributed by atoms with Gasteiger partial charge in [-0.3, -0.25) is 0 Å². The van der Waals surface area contributed by atoms with E-state index in [1.165, 1.54) is 13.0 Å². The topological polar surface area (TPSA) is 15.3 Å². The molecule has 1 N–H and O–H groups in total. The van der Waals surface area contributed by atoms with Crippen molar-refractivity contribution in [2.24, 2.45) is 0 Å². The zero-order chi connectivity index (χ0) is 7.98. The van der Waals surface area contributed by atoms with Gasteiger partial charge < -0.3 is 10.2 Å². The summed E-state index contributed by atoms with van der Waals surface area (Å²) in [6.45, 7) is 6.67. The Hall–Kier alpha value is -0.0800. The van der Waals surface area contributed by atoms with Crippen molar-refractivity contribution in [1.82, 2.24) is 10.2 Å². The molecule has 0 radical (unpaired) electrons. The van der Waals surface area contributed by atoms with E-state index in [0.717, 1.165) is 6.54 Å². The van der Waals surface area contributed by atoms with Crippen LogP contribution in [-0.4, -0.2) is 38.1 Å². The lowest BCUT2D eigenvalue weighted by Gasteiger charge is -2.11. The second-order valence-electron chi connectivity index (χ2n) is 3.27. The van der Waals surface area contributed by atoms with Crippen LogP contribution in [0.25, 0.3) is 0 Å². The standard InChI is InChI=1S/C8H20N2.H2/c1-8(2)9-6-5-7-10(3)4;/h8-9H,5-7H2,1-4H3;1H. The lowest BCUT2D eigenvalue weighted by atomic mass is 10.3. The molecule has 10 heavy (non-hydrogen) atoms. The van der Waals surface area contributed by atoms with Crippen LogP contribution in [0.3, 0.4) is 0 Å². The smallest absolute Gasteiger partial charge is 0.00103 e. The Morgan fingerprint density at radius 2 is 2.00 bits per heavy atom. The highest BCUT2D eigenvalue weighted by atomic mass is 15.1. The minimum Gasteiger partial charge on any atom is -0.314 e. The molecule has 2 nitrogen and oxygen atoms in total. The zero-order valence-electron chi connectivity index (χ0n) is 7.65. The average molecular weight is 146 g/mol. The van der Waals surface area contributed by atoms with Crippen molar-refractivity contribution in [2.75, 3.05) is 27.2 Å². The van der Waals surface area contributed by atoms with Crippen LogP contribution in [0.2, 0.25) is 0 Å². The predicted octanol–water partition coefficient (Wildman–Crippen LogP) is 1.18. The molecule has 64 valence electrons. The molecule has 0 aliphatic carbocycles. The van der Waals surface area contributed by atoms with Gasteiger partial charge in [0, 0.05) is 7.47 Å². The number of hydrogen-bond donors (Lipinski definition) is 1. The highest BCUT2D eigenvalue weighted by Crippen LogP contribution is 1.82. The fraction of sp³-hybridized carbons (Fsp3) is 1.00. The van der Waals surface area contributed by atoms with Gasteiger partial charge in [-0.1, -0.05) is 13.8 Å². The van der Waals surface area contributed by atoms with Gasteiger partial charge >= 0.3 is 0 Å². The lowest BCUT2D eigenvalue weighted by Crippen LogP contribution is -2.26. The van der Waals surface area contributed by atoms with E-state index in [1.807, 2.05) is 0 Å². The maximum Gasteiger partial charge on any atom is 0.00103 e. The SMILES string of the molecule is CC(C)NCCCN(C)C.[HH]. The van der Waals surface area contributed by atoms with Gasteiger partial charge in [0.25, 0.3) is 0 Å². The Kier molecular flexibility index (Phi) is 5.64. The van der Waals surface area contributed by atoms with Crippen molar-refractivity contribution < 1.29 is 1.43 Å². The summed E-state index contributed by atoms with van der Waals surface area (Å²) in [6.07, 6.45) is 1.24. The van der Waals surface area contributed by atoms with Crippen molar-refractivity contribution in [3.63, 3.8) is 0 Å². The van der Waals surface area contributed by atoms with E-state index in [4.69, 9.17) is 0 Å². The molecule has 0 atom stereocenters. The molecule has 0 rings (SSSR count). The average Bonchev–Trinajstić information content (AvgIpc) is 1.79. The quantitative estimate of drug-likeness (QED) is 0.586. The van der Waals surface area contributed by atoms with Crippen molar-refractivity contribution in [3.05, 3.63) is 0 Å². The highest BCUT2D eigenvalue weighted by molar-refractivity contribution is 4.53. The van der Waals surface area contributed by atoms with Crippen molar-refractivity contribution in [3.8, 4) is 0 Å². The molecule has 2 heteroatoms. The predicted molar refractivity (Wildman–Crippen MR) is 48.4 cm³/mol. The molecule has 0 aromatic rings. The Bertz CT molecular complexity index is 64.5. The third-order valence-corrected chi connectivity index (χ3v) is 1.33. The second-order valence-corrected chi connectivity index (χ2v) is 3.27. The molecule has 0 amide bonds. The molecule has 0 aliphatic heterocycles. The molecule has 0 spiro atoms. The third-order valence-electron chi connectivity index (χ3n) is 1.33. The first-order valence-corrected chi connectivity index (χ1v) is 4.01. The van der Waals surface area contributed by atoms with Crippen LogP contribution in [0.5, 0.6) is 0 Å². The van der Waals surface area contributed by atoms with E-state index in [1.54, 1.807) is 0 Å². The summed E-state index contributed by atoms with van der Waals surface area (Å²) in [6, 6.07) is 0.627. The zero-order valence-corrected chi connectivity index (χ0v) is 7.65. The van der Waals surface area contributed by atoms with E-state index >= 15 is 0 Å². The number of nitrogens with one attached hydrogen (secondary N) is 1. The molecule has 0 heterocycles. The molecular weight excluding hydrogens is 124 g/mol. The number of hydrogen-bond acceptors (Lipinski definition) is 2. The van der Waals surface area contributed by atoms with E-state index in [-0.39, 0.29) is 1.43 Å². The van der Waals surface area contributed by atoms with Crippen LogP contribution < -0.4 is 5.32 Å². The van der Waals surface area contributed by atoms with Crippen LogP contribution in [0.15, 0.2) is 0 Å². The van der Waals surface area contributed by atoms with E-state index in [0.29, 0.717) is 6.04 Å². The van der Waals surface area contributed by atoms with Gasteiger partial charge in [0.05, 0.1) is 0 Å². The minimum absolute atomic E-state index is 0. The third kappa shape index (κ3) is 7.92. The van der Waals surface area contributed by atoms with Crippen molar-refractivity contribution >= 4 is 0 Å². The Labute approximate surface area is 66.1 Å². The van der Waals surface area contributed by atoms with Crippen LogP contribution >= 0.6 is 0 Å². The minimum atomic E-state index is 0. The maximum atomic E-state index is 3.37. The largest absolute Gasteiger partial charge is 0.314 e. The monoisotopic (exact) mass is 146 g/mol. The lowest BCUT2D eigenvalue weighted by molar-refractivity contribution is 0.390. The van der Waals surface area contributed by atoms with Crippen LogP contribution in [0, 0.1) is 0 Å². The first-order chi connectivity index (χ1) is 4.63. The summed E-state index contributed by atoms with van der Waals surface area (Å²) in [5.41, 5.74) is 0. The normalized spacial score (nSPS) is 11.4. The second kappa shape index (κ2) is 5.69. The van der Waals surface area contributed by atoms with E-state index in [2.05, 4.69) is 38.2 Å². The Morgan fingerprint density at radius 1 is 1.40 bits per heavy atom. The molecule has 0 aliphatic rings. The van der Waals surface area contributed by atoms with Gasteiger partial charge in [-0.25, -0.2) is 0 Å². The summed E-state index contributed by atoms with van der Waals surface area (Å²) in [7, 11) is 4.21. The maximum absolute atomic E-state index is 3.37. The number of rotatable bonds is 5. The molecule has 0 saturated heterocycles. The van der Waals surface area contributed by atoms with Gasteiger partial charge in [0.2, 0.25) is 0 Å². The summed E-state index contributed by atoms with van der Waals surface area (Å²) < 4.78 is 0. The first-order valence-electron chi connectivity index (χ1n) is 4.01. The molecule has 0 aromatic heterocycles. The molecular formula is C8H22N2. The van der Waals surface area contributed by atoms with Crippen LogP contribution in [-0.2, 0) is 0 Å². The molecule has 0 fully saturated rings. The Morgan fingerprint density at radius 3 is 2.40 bits per heavy atom. The summed E-state index contributed by atoms with van der Waals surface area (Å²) in [4.78, 5) is 2.21. The summed E-state index contributed by atoms with van der Waals surface area (Å²) in [5.74, 6) is 0. The van der Waals surface area contributed by atoms with Gasteiger partial charge in [0.15, 0.2) is 0 Å². The van der Waals surface area contributed by atoms with Gasteiger partial charge in [0.1, 0.15) is 0 Å². The summed E-state index contributed by atoms with van der Waals surface area (Å²) >= 11 is 0.